The van der Waals surface area contributed by atoms with Crippen LogP contribution in [-0.2, 0) is 0 Å². The summed E-state index contributed by atoms with van der Waals surface area (Å²) in [5.74, 6) is 2.32. The average Bonchev–Trinajstić information content (AvgIpc) is 3.51. The van der Waals surface area contributed by atoms with Gasteiger partial charge in [0.1, 0.15) is 17.2 Å². The van der Waals surface area contributed by atoms with Crippen molar-refractivity contribution in [3.8, 4) is 0 Å². The van der Waals surface area contributed by atoms with Gasteiger partial charge in [0.25, 0.3) is 5.91 Å². The molecule has 3 aliphatic rings. The lowest BCUT2D eigenvalue weighted by Gasteiger charge is -2.34. The molecular formula is C26H28N8O. The van der Waals surface area contributed by atoms with E-state index in [0.29, 0.717) is 35.2 Å². The van der Waals surface area contributed by atoms with E-state index in [1.54, 1.807) is 13.2 Å². The van der Waals surface area contributed by atoms with Crippen LogP contribution in [0.1, 0.15) is 47.7 Å². The molecule has 2 saturated heterocycles. The quantitative estimate of drug-likeness (QED) is 0.474. The molecular weight excluding hydrogens is 440 g/mol. The Morgan fingerprint density at radius 1 is 1.17 bits per heavy atom. The van der Waals surface area contributed by atoms with Crippen molar-refractivity contribution in [2.75, 3.05) is 36.5 Å². The van der Waals surface area contributed by atoms with Gasteiger partial charge in [-0.15, -0.1) is 0 Å². The maximum atomic E-state index is 13.4. The van der Waals surface area contributed by atoms with Crippen molar-refractivity contribution in [2.24, 2.45) is 5.92 Å². The predicted molar refractivity (Wildman–Crippen MR) is 135 cm³/mol. The highest BCUT2D eigenvalue weighted by atomic mass is 16.2. The second-order valence-electron chi connectivity index (χ2n) is 10.0. The van der Waals surface area contributed by atoms with Crippen LogP contribution in [0.4, 0.5) is 11.8 Å². The van der Waals surface area contributed by atoms with Crippen LogP contribution in [0.3, 0.4) is 0 Å². The Bertz CT molecular complexity index is 1410. The van der Waals surface area contributed by atoms with Crippen molar-refractivity contribution >= 4 is 39.6 Å². The summed E-state index contributed by atoms with van der Waals surface area (Å²) in [5.41, 5.74) is 3.22. The lowest BCUT2D eigenvalue weighted by atomic mass is 9.94. The first-order valence-corrected chi connectivity index (χ1v) is 12.5. The van der Waals surface area contributed by atoms with Gasteiger partial charge in [-0.3, -0.25) is 14.7 Å². The van der Waals surface area contributed by atoms with Gasteiger partial charge < -0.3 is 15.2 Å². The zero-order valence-electron chi connectivity index (χ0n) is 19.7. The zero-order chi connectivity index (χ0) is 23.5. The van der Waals surface area contributed by atoms with E-state index >= 15 is 0 Å². The molecule has 1 aliphatic carbocycles. The third kappa shape index (κ3) is 3.44. The number of hydrogen-bond donors (Lipinski definition) is 2. The SMILES string of the molecule is CN(C(=O)c1cc2cccnc2[nH]1)c1nc(N2CCC3CNCCC32)c2c(C3CC3)cncc2n1. The highest BCUT2D eigenvalue weighted by molar-refractivity contribution is 6.06. The predicted octanol–water partition coefficient (Wildman–Crippen LogP) is 3.24. The number of pyridine rings is 2. The molecule has 2 N–H and O–H groups in total. The Kier molecular flexibility index (Phi) is 4.73. The number of carbonyl (C=O) groups is 1. The Morgan fingerprint density at radius 2 is 2.09 bits per heavy atom. The van der Waals surface area contributed by atoms with E-state index in [9.17, 15) is 4.79 Å². The standard InChI is InChI=1S/C26H28N8O/c1-33(25(35)19-11-16-3-2-8-29-23(16)30-19)26-31-20-14-28-13-18(15-4-5-15)22(20)24(32-26)34-10-7-17-12-27-9-6-21(17)34/h2-3,8,11,13-15,17,21,27H,4-7,9-10,12H2,1H3,(H,29,30). The highest BCUT2D eigenvalue weighted by Gasteiger charge is 2.39. The summed E-state index contributed by atoms with van der Waals surface area (Å²) in [6.07, 6.45) is 10.1. The van der Waals surface area contributed by atoms with Gasteiger partial charge in [-0.05, 0) is 74.4 Å². The number of carbonyl (C=O) groups excluding carboxylic acids is 1. The number of H-pyrrole nitrogens is 1. The molecule has 6 heterocycles. The summed E-state index contributed by atoms with van der Waals surface area (Å²) in [7, 11) is 1.74. The number of nitrogens with zero attached hydrogens (tertiary/aromatic N) is 6. The average molecular weight is 469 g/mol. The molecule has 0 bridgehead atoms. The van der Waals surface area contributed by atoms with E-state index in [1.165, 1.54) is 23.3 Å². The molecule has 178 valence electrons. The Balaban J connectivity index is 1.33. The van der Waals surface area contributed by atoms with Crippen LogP contribution >= 0.6 is 0 Å². The van der Waals surface area contributed by atoms with Crippen molar-refractivity contribution in [3.05, 3.63) is 48.0 Å². The second kappa shape index (κ2) is 7.98. The van der Waals surface area contributed by atoms with Crippen LogP contribution in [0.15, 0.2) is 36.8 Å². The van der Waals surface area contributed by atoms with Crippen molar-refractivity contribution in [3.63, 3.8) is 0 Å². The van der Waals surface area contributed by atoms with E-state index in [4.69, 9.17) is 9.97 Å². The lowest BCUT2D eigenvalue weighted by molar-refractivity contribution is 0.0987. The first-order chi connectivity index (χ1) is 17.2. The van der Waals surface area contributed by atoms with Gasteiger partial charge in [-0.1, -0.05) is 0 Å². The second-order valence-corrected chi connectivity index (χ2v) is 10.0. The summed E-state index contributed by atoms with van der Waals surface area (Å²) in [6.45, 7) is 3.05. The van der Waals surface area contributed by atoms with Crippen molar-refractivity contribution in [1.82, 2.24) is 30.2 Å². The molecule has 2 aliphatic heterocycles. The minimum absolute atomic E-state index is 0.194. The van der Waals surface area contributed by atoms with Crippen LogP contribution in [0, 0.1) is 5.92 Å². The molecule has 2 unspecified atom stereocenters. The third-order valence-electron chi connectivity index (χ3n) is 7.83. The van der Waals surface area contributed by atoms with E-state index in [0.717, 1.165) is 54.6 Å². The topological polar surface area (TPSA) is 103 Å². The normalized spacial score (nSPS) is 22.0. The number of anilines is 2. The number of aromatic nitrogens is 5. The molecule has 9 heteroatoms. The monoisotopic (exact) mass is 468 g/mol. The number of aromatic amines is 1. The lowest BCUT2D eigenvalue weighted by Crippen LogP contribution is -2.44. The third-order valence-corrected chi connectivity index (χ3v) is 7.83. The minimum Gasteiger partial charge on any atom is -0.353 e. The number of hydrogen-bond acceptors (Lipinski definition) is 7. The molecule has 1 saturated carbocycles. The molecule has 1 amide bonds. The van der Waals surface area contributed by atoms with Gasteiger partial charge in [0, 0.05) is 42.8 Å². The zero-order valence-corrected chi connectivity index (χ0v) is 19.7. The number of rotatable bonds is 4. The first-order valence-electron chi connectivity index (χ1n) is 12.5. The summed E-state index contributed by atoms with van der Waals surface area (Å²) in [6, 6.07) is 6.09. The van der Waals surface area contributed by atoms with Gasteiger partial charge in [0.2, 0.25) is 5.95 Å². The van der Waals surface area contributed by atoms with E-state index in [1.807, 2.05) is 30.6 Å². The summed E-state index contributed by atoms with van der Waals surface area (Å²) in [4.78, 5) is 39.4. The van der Waals surface area contributed by atoms with Gasteiger partial charge >= 0.3 is 0 Å². The largest absolute Gasteiger partial charge is 0.353 e. The van der Waals surface area contributed by atoms with E-state index < -0.39 is 0 Å². The fourth-order valence-electron chi connectivity index (χ4n) is 5.83. The fraction of sp³-hybridized carbons (Fsp3) is 0.423. The highest BCUT2D eigenvalue weighted by Crippen LogP contribution is 2.46. The molecule has 3 fully saturated rings. The van der Waals surface area contributed by atoms with Gasteiger partial charge in [0.05, 0.1) is 11.7 Å². The maximum absolute atomic E-state index is 13.4. The summed E-state index contributed by atoms with van der Waals surface area (Å²) >= 11 is 0. The van der Waals surface area contributed by atoms with Crippen LogP contribution < -0.4 is 15.1 Å². The Hall–Kier alpha value is -3.59. The Morgan fingerprint density at radius 3 is 2.94 bits per heavy atom. The Labute approximate surface area is 203 Å². The number of piperidine rings is 1. The number of amides is 1. The summed E-state index contributed by atoms with van der Waals surface area (Å²) < 4.78 is 0. The van der Waals surface area contributed by atoms with Crippen molar-refractivity contribution in [1.29, 1.82) is 0 Å². The molecule has 0 radical (unpaired) electrons. The first kappa shape index (κ1) is 20.8. The molecule has 9 nitrogen and oxygen atoms in total. The molecule has 0 spiro atoms. The van der Waals surface area contributed by atoms with Crippen molar-refractivity contribution < 1.29 is 4.79 Å². The number of fused-ring (bicyclic) bond motifs is 3. The molecule has 4 aromatic rings. The molecule has 7 rings (SSSR count). The van der Waals surface area contributed by atoms with E-state index in [2.05, 4.69) is 25.2 Å². The van der Waals surface area contributed by atoms with Gasteiger partial charge in [0.15, 0.2) is 0 Å². The number of nitrogens with one attached hydrogen (secondary N) is 2. The van der Waals surface area contributed by atoms with Gasteiger partial charge in [-0.25, -0.2) is 9.97 Å². The maximum Gasteiger partial charge on any atom is 0.276 e. The molecule has 4 aromatic heterocycles. The molecule has 2 atom stereocenters. The van der Waals surface area contributed by atoms with Crippen molar-refractivity contribution in [2.45, 2.75) is 37.6 Å². The molecule has 35 heavy (non-hydrogen) atoms. The van der Waals surface area contributed by atoms with Crippen LogP contribution in [0.25, 0.3) is 21.9 Å². The molecule has 0 aromatic carbocycles. The fourth-order valence-corrected chi connectivity index (χ4v) is 5.83. The smallest absolute Gasteiger partial charge is 0.276 e. The van der Waals surface area contributed by atoms with Gasteiger partial charge in [-0.2, -0.15) is 4.98 Å². The van der Waals surface area contributed by atoms with Crippen LogP contribution in [0.2, 0.25) is 0 Å². The minimum atomic E-state index is -0.194. The van der Waals surface area contributed by atoms with Crippen LogP contribution in [-0.4, -0.2) is 63.6 Å². The van der Waals surface area contributed by atoms with Crippen LogP contribution in [0.5, 0.6) is 0 Å². The summed E-state index contributed by atoms with van der Waals surface area (Å²) in [5, 5.41) is 5.56. The van der Waals surface area contributed by atoms with E-state index in [-0.39, 0.29) is 5.91 Å².